The van der Waals surface area contributed by atoms with Crippen molar-refractivity contribution < 1.29 is 19.0 Å². The van der Waals surface area contributed by atoms with Gasteiger partial charge in [0.15, 0.2) is 11.5 Å². The zero-order chi connectivity index (χ0) is 14.2. The number of benzene rings is 1. The van der Waals surface area contributed by atoms with Gasteiger partial charge in [-0.1, -0.05) is 12.1 Å². The number of alkyl halides is 1. The highest BCUT2D eigenvalue weighted by atomic mass is 35.5. The van der Waals surface area contributed by atoms with Crippen LogP contribution in [0.3, 0.4) is 0 Å². The molecule has 1 unspecified atom stereocenters. The van der Waals surface area contributed by atoms with E-state index in [2.05, 4.69) is 5.32 Å². The average molecular weight is 300 g/mol. The van der Waals surface area contributed by atoms with E-state index in [1.165, 1.54) is 0 Å². The molecule has 0 aliphatic carbocycles. The summed E-state index contributed by atoms with van der Waals surface area (Å²) in [6.45, 7) is 1.89. The molecule has 1 aromatic carbocycles. The molecule has 0 saturated heterocycles. The quantitative estimate of drug-likeness (QED) is 0.613. The van der Waals surface area contributed by atoms with Gasteiger partial charge < -0.3 is 19.5 Å². The van der Waals surface area contributed by atoms with E-state index in [1.807, 2.05) is 18.2 Å². The van der Waals surface area contributed by atoms with Gasteiger partial charge in [-0.15, -0.1) is 11.6 Å². The van der Waals surface area contributed by atoms with Crippen LogP contribution in [0.25, 0.3) is 0 Å². The Morgan fingerprint density at radius 3 is 2.95 bits per heavy atom. The lowest BCUT2D eigenvalue weighted by molar-refractivity contribution is -0.130. The van der Waals surface area contributed by atoms with Crippen LogP contribution in [0.2, 0.25) is 0 Å². The average Bonchev–Trinajstić information content (AvgIpc) is 2.50. The van der Waals surface area contributed by atoms with Crippen molar-refractivity contribution >= 4 is 17.5 Å². The third-order valence-electron chi connectivity index (χ3n) is 2.79. The Kier molecular flexibility index (Phi) is 5.95. The van der Waals surface area contributed by atoms with E-state index in [9.17, 15) is 4.79 Å². The smallest absolute Gasteiger partial charge is 0.264 e. The number of rotatable bonds is 7. The van der Waals surface area contributed by atoms with Crippen LogP contribution in [-0.2, 0) is 9.53 Å². The van der Waals surface area contributed by atoms with Crippen molar-refractivity contribution in [1.82, 2.24) is 5.32 Å². The Morgan fingerprint density at radius 1 is 1.35 bits per heavy atom. The molecule has 110 valence electrons. The van der Waals surface area contributed by atoms with Crippen molar-refractivity contribution in [2.24, 2.45) is 0 Å². The van der Waals surface area contributed by atoms with Crippen molar-refractivity contribution in [2.75, 3.05) is 32.2 Å². The molecule has 0 bridgehead atoms. The van der Waals surface area contributed by atoms with Gasteiger partial charge in [-0.05, 0) is 18.6 Å². The summed E-state index contributed by atoms with van der Waals surface area (Å²) in [5.74, 6) is 1.59. The molecule has 1 aliphatic heterocycles. The Bertz CT molecular complexity index is 441. The van der Waals surface area contributed by atoms with Gasteiger partial charge in [0.05, 0.1) is 6.61 Å². The van der Waals surface area contributed by atoms with Crippen LogP contribution in [0, 0.1) is 0 Å². The number of carbonyl (C=O) groups is 1. The van der Waals surface area contributed by atoms with E-state index >= 15 is 0 Å². The van der Waals surface area contributed by atoms with Crippen LogP contribution in [0.4, 0.5) is 0 Å². The van der Waals surface area contributed by atoms with Gasteiger partial charge in [-0.3, -0.25) is 4.79 Å². The fourth-order valence-electron chi connectivity index (χ4n) is 1.80. The Hall–Kier alpha value is -1.46. The second-order valence-corrected chi connectivity index (χ2v) is 4.69. The third-order valence-corrected chi connectivity index (χ3v) is 2.94. The highest BCUT2D eigenvalue weighted by Gasteiger charge is 2.26. The number of nitrogens with one attached hydrogen (secondary N) is 1. The first-order chi connectivity index (χ1) is 9.81. The number of halogens is 1. The second kappa shape index (κ2) is 7.97. The minimum absolute atomic E-state index is 0.170. The lowest BCUT2D eigenvalue weighted by Crippen LogP contribution is -2.44. The van der Waals surface area contributed by atoms with Crippen LogP contribution in [0.15, 0.2) is 24.3 Å². The van der Waals surface area contributed by atoms with Gasteiger partial charge in [0.1, 0.15) is 6.61 Å². The summed E-state index contributed by atoms with van der Waals surface area (Å²) < 4.78 is 16.3. The maximum atomic E-state index is 11.9. The zero-order valence-electron chi connectivity index (χ0n) is 11.1. The molecule has 6 heteroatoms. The zero-order valence-corrected chi connectivity index (χ0v) is 11.9. The molecular weight excluding hydrogens is 282 g/mol. The lowest BCUT2D eigenvalue weighted by atomic mass is 10.2. The van der Waals surface area contributed by atoms with Crippen molar-refractivity contribution in [3.63, 3.8) is 0 Å². The van der Waals surface area contributed by atoms with Crippen LogP contribution < -0.4 is 14.8 Å². The summed E-state index contributed by atoms with van der Waals surface area (Å²) in [4.78, 5) is 11.9. The molecule has 1 N–H and O–H groups in total. The SMILES string of the molecule is O=C(NCCCOCCCl)C1COc2ccccc2O1. The molecule has 1 aliphatic rings. The topological polar surface area (TPSA) is 56.8 Å². The van der Waals surface area contributed by atoms with Gasteiger partial charge in [0.25, 0.3) is 5.91 Å². The van der Waals surface area contributed by atoms with E-state index < -0.39 is 6.10 Å². The number of hydrogen-bond donors (Lipinski definition) is 1. The number of ether oxygens (including phenoxy) is 3. The molecule has 0 spiro atoms. The fraction of sp³-hybridized carbons (Fsp3) is 0.500. The van der Waals surface area contributed by atoms with Crippen LogP contribution in [0.1, 0.15) is 6.42 Å². The van der Waals surface area contributed by atoms with Crippen molar-refractivity contribution in [3.05, 3.63) is 24.3 Å². The predicted molar refractivity (Wildman–Crippen MR) is 75.5 cm³/mol. The summed E-state index contributed by atoms with van der Waals surface area (Å²) in [5, 5.41) is 2.80. The van der Waals surface area contributed by atoms with Crippen molar-refractivity contribution in [1.29, 1.82) is 0 Å². The fourth-order valence-corrected chi connectivity index (χ4v) is 1.91. The maximum absolute atomic E-state index is 11.9. The van der Waals surface area contributed by atoms with Gasteiger partial charge in [-0.2, -0.15) is 0 Å². The van der Waals surface area contributed by atoms with Gasteiger partial charge in [0.2, 0.25) is 6.10 Å². The first-order valence-electron chi connectivity index (χ1n) is 6.61. The van der Waals surface area contributed by atoms with E-state index in [4.69, 9.17) is 25.8 Å². The number of fused-ring (bicyclic) bond motifs is 1. The largest absolute Gasteiger partial charge is 0.485 e. The molecule has 2 rings (SSSR count). The van der Waals surface area contributed by atoms with Crippen LogP contribution in [-0.4, -0.2) is 44.3 Å². The Labute approximate surface area is 123 Å². The van der Waals surface area contributed by atoms with Gasteiger partial charge in [-0.25, -0.2) is 0 Å². The maximum Gasteiger partial charge on any atom is 0.264 e. The number of carbonyl (C=O) groups excluding carboxylic acids is 1. The first-order valence-corrected chi connectivity index (χ1v) is 7.14. The van der Waals surface area contributed by atoms with Crippen molar-refractivity contribution in [3.8, 4) is 11.5 Å². The highest BCUT2D eigenvalue weighted by molar-refractivity contribution is 6.17. The van der Waals surface area contributed by atoms with E-state index in [-0.39, 0.29) is 12.5 Å². The minimum atomic E-state index is -0.603. The Morgan fingerprint density at radius 2 is 2.15 bits per heavy atom. The minimum Gasteiger partial charge on any atom is -0.485 e. The summed E-state index contributed by atoms with van der Waals surface area (Å²) in [6.07, 6.45) is 0.140. The number of para-hydroxylation sites is 2. The predicted octanol–water partition coefficient (Wildman–Crippen LogP) is 1.59. The van der Waals surface area contributed by atoms with E-state index in [0.29, 0.717) is 37.1 Å². The third kappa shape index (κ3) is 4.28. The van der Waals surface area contributed by atoms with Crippen LogP contribution in [0.5, 0.6) is 11.5 Å². The highest BCUT2D eigenvalue weighted by Crippen LogP contribution is 2.30. The second-order valence-electron chi connectivity index (χ2n) is 4.31. The Balaban J connectivity index is 1.69. The molecular formula is C14H18ClNO4. The summed E-state index contributed by atoms with van der Waals surface area (Å²) in [6, 6.07) is 7.31. The molecule has 1 atom stereocenters. The molecule has 0 fully saturated rings. The molecule has 1 heterocycles. The normalized spacial score (nSPS) is 16.8. The molecule has 0 radical (unpaired) electrons. The first kappa shape index (κ1) is 14.9. The number of hydrogen-bond acceptors (Lipinski definition) is 4. The standard InChI is InChI=1S/C14H18ClNO4/c15-6-9-18-8-3-7-16-14(17)13-10-19-11-4-1-2-5-12(11)20-13/h1-2,4-5,13H,3,6-10H2,(H,16,17). The van der Waals surface area contributed by atoms with Gasteiger partial charge >= 0.3 is 0 Å². The number of amides is 1. The monoisotopic (exact) mass is 299 g/mol. The summed E-state index contributed by atoms with van der Waals surface area (Å²) in [5.41, 5.74) is 0. The van der Waals surface area contributed by atoms with Crippen LogP contribution >= 0.6 is 11.6 Å². The molecule has 0 saturated carbocycles. The molecule has 1 aromatic rings. The molecule has 5 nitrogen and oxygen atoms in total. The summed E-state index contributed by atoms with van der Waals surface area (Å²) >= 11 is 5.48. The molecule has 0 aromatic heterocycles. The van der Waals surface area contributed by atoms with E-state index in [0.717, 1.165) is 6.42 Å². The van der Waals surface area contributed by atoms with Crippen molar-refractivity contribution in [2.45, 2.75) is 12.5 Å². The van der Waals surface area contributed by atoms with E-state index in [1.54, 1.807) is 6.07 Å². The molecule has 1 amide bonds. The summed E-state index contributed by atoms with van der Waals surface area (Å²) in [7, 11) is 0. The molecule has 20 heavy (non-hydrogen) atoms. The van der Waals surface area contributed by atoms with Gasteiger partial charge in [0, 0.05) is 19.0 Å². The lowest BCUT2D eigenvalue weighted by Gasteiger charge is -2.25.